The predicted octanol–water partition coefficient (Wildman–Crippen LogP) is 4.91. The summed E-state index contributed by atoms with van der Waals surface area (Å²) >= 11 is 0. The zero-order valence-corrected chi connectivity index (χ0v) is 17.4. The first kappa shape index (κ1) is 20.4. The van der Waals surface area contributed by atoms with Crippen LogP contribution in [0.4, 0.5) is 28.8 Å². The van der Waals surface area contributed by atoms with E-state index in [1.54, 1.807) is 6.20 Å². The lowest BCUT2D eigenvalue weighted by Crippen LogP contribution is -2.21. The van der Waals surface area contributed by atoms with E-state index >= 15 is 0 Å². The Balaban J connectivity index is 1.71. The Morgan fingerprint density at radius 3 is 2.38 bits per heavy atom. The molecular formula is C22H28N6O. The lowest BCUT2D eigenvalue weighted by Gasteiger charge is -2.22. The Labute approximate surface area is 172 Å². The SMILES string of the molecule is CCOc1ccc(Nc2cnnc(Nc3ccc(N(CC)CC)cc3C)n2)cc1. The molecule has 152 valence electrons. The topological polar surface area (TPSA) is 75.2 Å². The van der Waals surface area contributed by atoms with Crippen LogP contribution in [0, 0.1) is 6.92 Å². The molecule has 7 nitrogen and oxygen atoms in total. The smallest absolute Gasteiger partial charge is 0.249 e. The first-order chi connectivity index (χ1) is 14.1. The Hall–Kier alpha value is -3.35. The molecule has 0 amide bonds. The molecule has 2 aromatic carbocycles. The van der Waals surface area contributed by atoms with Crippen molar-refractivity contribution in [3.8, 4) is 5.75 Å². The lowest BCUT2D eigenvalue weighted by molar-refractivity contribution is 0.340. The van der Waals surface area contributed by atoms with Gasteiger partial charge in [0.05, 0.1) is 12.8 Å². The maximum Gasteiger partial charge on any atom is 0.249 e. The fraction of sp³-hybridized carbons (Fsp3) is 0.318. The number of nitrogens with one attached hydrogen (secondary N) is 2. The van der Waals surface area contributed by atoms with Gasteiger partial charge in [-0.3, -0.25) is 0 Å². The summed E-state index contributed by atoms with van der Waals surface area (Å²) in [6.07, 6.45) is 1.60. The van der Waals surface area contributed by atoms with Crippen LogP contribution in [0.2, 0.25) is 0 Å². The van der Waals surface area contributed by atoms with Gasteiger partial charge in [0.25, 0.3) is 0 Å². The van der Waals surface area contributed by atoms with Crippen LogP contribution in [0.5, 0.6) is 5.75 Å². The fourth-order valence-electron chi connectivity index (χ4n) is 3.06. The minimum absolute atomic E-state index is 0.444. The van der Waals surface area contributed by atoms with Gasteiger partial charge >= 0.3 is 0 Å². The summed E-state index contributed by atoms with van der Waals surface area (Å²) < 4.78 is 5.47. The zero-order chi connectivity index (χ0) is 20.6. The van der Waals surface area contributed by atoms with E-state index in [4.69, 9.17) is 4.74 Å². The Bertz CT molecular complexity index is 925. The highest BCUT2D eigenvalue weighted by Crippen LogP contribution is 2.25. The molecule has 0 fully saturated rings. The number of nitrogens with zero attached hydrogens (tertiary/aromatic N) is 4. The fourth-order valence-corrected chi connectivity index (χ4v) is 3.06. The van der Waals surface area contributed by atoms with Crippen molar-refractivity contribution in [2.45, 2.75) is 27.7 Å². The van der Waals surface area contributed by atoms with E-state index in [-0.39, 0.29) is 0 Å². The molecule has 0 spiro atoms. The molecular weight excluding hydrogens is 364 g/mol. The van der Waals surface area contributed by atoms with Crippen LogP contribution in [0.15, 0.2) is 48.7 Å². The summed E-state index contributed by atoms with van der Waals surface area (Å²) in [5, 5.41) is 14.7. The third-order valence-corrected chi connectivity index (χ3v) is 4.58. The third-order valence-electron chi connectivity index (χ3n) is 4.58. The Kier molecular flexibility index (Phi) is 6.84. The van der Waals surface area contributed by atoms with E-state index in [1.807, 2.05) is 31.2 Å². The van der Waals surface area contributed by atoms with Gasteiger partial charge in [-0.05, 0) is 75.7 Å². The first-order valence-electron chi connectivity index (χ1n) is 9.95. The average molecular weight is 393 g/mol. The second kappa shape index (κ2) is 9.73. The van der Waals surface area contributed by atoms with E-state index in [9.17, 15) is 0 Å². The van der Waals surface area contributed by atoms with Crippen molar-refractivity contribution in [2.75, 3.05) is 35.2 Å². The quantitative estimate of drug-likeness (QED) is 0.536. The lowest BCUT2D eigenvalue weighted by atomic mass is 10.1. The highest BCUT2D eigenvalue weighted by atomic mass is 16.5. The molecule has 7 heteroatoms. The van der Waals surface area contributed by atoms with Gasteiger partial charge in [-0.1, -0.05) is 0 Å². The molecule has 1 heterocycles. The molecule has 29 heavy (non-hydrogen) atoms. The molecule has 0 bridgehead atoms. The molecule has 0 saturated carbocycles. The van der Waals surface area contributed by atoms with Gasteiger partial charge in [0, 0.05) is 30.2 Å². The van der Waals surface area contributed by atoms with Gasteiger partial charge < -0.3 is 20.3 Å². The molecule has 3 aromatic rings. The van der Waals surface area contributed by atoms with Crippen molar-refractivity contribution in [3.63, 3.8) is 0 Å². The molecule has 0 aliphatic heterocycles. The van der Waals surface area contributed by atoms with E-state index in [0.717, 1.165) is 35.8 Å². The van der Waals surface area contributed by atoms with E-state index < -0.39 is 0 Å². The van der Waals surface area contributed by atoms with Crippen molar-refractivity contribution in [1.29, 1.82) is 0 Å². The summed E-state index contributed by atoms with van der Waals surface area (Å²) in [5.41, 5.74) is 4.20. The van der Waals surface area contributed by atoms with Crippen LogP contribution in [0.1, 0.15) is 26.3 Å². The molecule has 2 N–H and O–H groups in total. The molecule has 0 saturated heterocycles. The van der Waals surface area contributed by atoms with Crippen molar-refractivity contribution >= 4 is 28.8 Å². The summed E-state index contributed by atoms with van der Waals surface area (Å²) in [7, 11) is 0. The minimum atomic E-state index is 0.444. The van der Waals surface area contributed by atoms with Crippen LogP contribution in [-0.4, -0.2) is 34.9 Å². The average Bonchev–Trinajstić information content (AvgIpc) is 2.73. The third kappa shape index (κ3) is 5.34. The van der Waals surface area contributed by atoms with Crippen molar-refractivity contribution < 1.29 is 4.74 Å². The maximum absolute atomic E-state index is 5.47. The molecule has 1 aromatic heterocycles. The number of anilines is 5. The monoisotopic (exact) mass is 392 g/mol. The largest absolute Gasteiger partial charge is 0.494 e. The number of ether oxygens (including phenoxy) is 1. The number of rotatable bonds is 9. The van der Waals surface area contributed by atoms with Gasteiger partial charge in [-0.2, -0.15) is 10.1 Å². The van der Waals surface area contributed by atoms with E-state index in [0.29, 0.717) is 18.4 Å². The summed E-state index contributed by atoms with van der Waals surface area (Å²) in [4.78, 5) is 6.83. The first-order valence-corrected chi connectivity index (χ1v) is 9.95. The number of aromatic nitrogens is 3. The second-order valence-electron chi connectivity index (χ2n) is 6.54. The van der Waals surface area contributed by atoms with Gasteiger partial charge in [0.2, 0.25) is 5.95 Å². The van der Waals surface area contributed by atoms with E-state index in [2.05, 4.69) is 69.7 Å². The summed E-state index contributed by atoms with van der Waals surface area (Å²) in [6, 6.07) is 14.1. The number of benzene rings is 2. The molecule has 0 unspecified atom stereocenters. The standard InChI is InChI=1S/C22H28N6O/c1-5-28(6-2)18-10-13-20(16(4)14-18)25-22-26-21(15-23-27-22)24-17-8-11-19(12-9-17)29-7-3/h8-15H,5-7H2,1-4H3,(H2,24,25,26,27). The zero-order valence-electron chi connectivity index (χ0n) is 17.4. The van der Waals surface area contributed by atoms with Gasteiger partial charge in [0.1, 0.15) is 5.75 Å². The summed E-state index contributed by atoms with van der Waals surface area (Å²) in [5.74, 6) is 1.90. The van der Waals surface area contributed by atoms with Gasteiger partial charge in [-0.25, -0.2) is 0 Å². The Morgan fingerprint density at radius 1 is 0.966 bits per heavy atom. The minimum Gasteiger partial charge on any atom is -0.494 e. The predicted molar refractivity (Wildman–Crippen MR) is 119 cm³/mol. The van der Waals surface area contributed by atoms with Gasteiger partial charge in [0.15, 0.2) is 5.82 Å². The van der Waals surface area contributed by atoms with E-state index in [1.165, 1.54) is 5.69 Å². The van der Waals surface area contributed by atoms with Crippen LogP contribution < -0.4 is 20.3 Å². The molecule has 0 aliphatic carbocycles. The Morgan fingerprint density at radius 2 is 1.72 bits per heavy atom. The van der Waals surface area contributed by atoms with Crippen molar-refractivity contribution in [3.05, 3.63) is 54.2 Å². The van der Waals surface area contributed by atoms with Crippen molar-refractivity contribution in [1.82, 2.24) is 15.2 Å². The molecule has 0 aliphatic rings. The van der Waals surface area contributed by atoms with Crippen LogP contribution in [-0.2, 0) is 0 Å². The molecule has 3 rings (SSSR count). The van der Waals surface area contributed by atoms with Crippen molar-refractivity contribution in [2.24, 2.45) is 0 Å². The highest BCUT2D eigenvalue weighted by molar-refractivity contribution is 5.65. The van der Waals surface area contributed by atoms with Gasteiger partial charge in [-0.15, -0.1) is 5.10 Å². The molecule has 0 radical (unpaired) electrons. The summed E-state index contributed by atoms with van der Waals surface area (Å²) in [6.45, 7) is 11.0. The normalized spacial score (nSPS) is 10.5. The highest BCUT2D eigenvalue weighted by Gasteiger charge is 2.07. The number of hydrogen-bond donors (Lipinski definition) is 2. The van der Waals surface area contributed by atoms with Crippen LogP contribution in [0.3, 0.4) is 0 Å². The molecule has 0 atom stereocenters. The van der Waals surface area contributed by atoms with Crippen LogP contribution in [0.25, 0.3) is 0 Å². The van der Waals surface area contributed by atoms with Crippen LogP contribution >= 0.6 is 0 Å². The second-order valence-corrected chi connectivity index (χ2v) is 6.54. The number of hydrogen-bond acceptors (Lipinski definition) is 7. The maximum atomic E-state index is 5.47. The number of aryl methyl sites for hydroxylation is 1.